The molecule has 0 unspecified atom stereocenters. The van der Waals surface area contributed by atoms with Crippen LogP contribution in [0.3, 0.4) is 0 Å². The van der Waals surface area contributed by atoms with Crippen LogP contribution in [0.25, 0.3) is 0 Å². The summed E-state index contributed by atoms with van der Waals surface area (Å²) in [6.07, 6.45) is 0.733. The third kappa shape index (κ3) is 4.24. The molecule has 1 aliphatic heterocycles. The number of fused-ring (bicyclic) bond motifs is 1. The van der Waals surface area contributed by atoms with Crippen LogP contribution in [0.1, 0.15) is 31.3 Å². The van der Waals surface area contributed by atoms with E-state index in [1.807, 2.05) is 67.1 Å². The van der Waals surface area contributed by atoms with Crippen molar-refractivity contribution in [2.24, 2.45) is 0 Å². The number of anilines is 1. The second-order valence-electron chi connectivity index (χ2n) is 6.73. The first-order valence-corrected chi connectivity index (χ1v) is 11.0. The molecule has 3 aromatic rings. The summed E-state index contributed by atoms with van der Waals surface area (Å²) >= 11 is 7.46. The lowest BCUT2D eigenvalue weighted by molar-refractivity contribution is -0.116. The highest BCUT2D eigenvalue weighted by atomic mass is 35.5. The van der Waals surface area contributed by atoms with Crippen LogP contribution in [0.4, 0.5) is 5.69 Å². The molecule has 0 radical (unpaired) electrons. The van der Waals surface area contributed by atoms with Gasteiger partial charge >= 0.3 is 0 Å². The van der Waals surface area contributed by atoms with Crippen LogP contribution in [-0.2, 0) is 11.2 Å². The van der Waals surface area contributed by atoms with Gasteiger partial charge in [-0.3, -0.25) is 4.79 Å². The zero-order chi connectivity index (χ0) is 21.1. The van der Waals surface area contributed by atoms with Crippen LogP contribution in [0, 0.1) is 0 Å². The molecule has 2 N–H and O–H groups in total. The van der Waals surface area contributed by atoms with E-state index in [0.29, 0.717) is 22.5 Å². The molecule has 7 nitrogen and oxygen atoms in total. The second-order valence-corrected chi connectivity index (χ2v) is 8.28. The van der Waals surface area contributed by atoms with Crippen molar-refractivity contribution in [2.45, 2.75) is 36.7 Å². The predicted molar refractivity (Wildman–Crippen MR) is 119 cm³/mol. The minimum Gasteiger partial charge on any atom is -0.494 e. The summed E-state index contributed by atoms with van der Waals surface area (Å²) in [5.41, 5.74) is 5.09. The molecule has 2 heterocycles. The zero-order valence-electron chi connectivity index (χ0n) is 16.6. The number of carbonyl (C=O) groups excluding carboxylic acids is 1. The fourth-order valence-electron chi connectivity index (χ4n) is 3.26. The Morgan fingerprint density at radius 1 is 1.17 bits per heavy atom. The number of halogens is 1. The van der Waals surface area contributed by atoms with Gasteiger partial charge < -0.3 is 15.5 Å². The van der Waals surface area contributed by atoms with Crippen LogP contribution in [0.5, 0.6) is 5.75 Å². The number of carbonyl (C=O) groups is 1. The van der Waals surface area contributed by atoms with E-state index in [-0.39, 0.29) is 11.9 Å². The van der Waals surface area contributed by atoms with Crippen molar-refractivity contribution in [3.05, 3.63) is 64.9 Å². The van der Waals surface area contributed by atoms with Gasteiger partial charge in [-0.15, -0.1) is 10.2 Å². The first-order valence-electron chi connectivity index (χ1n) is 9.75. The number of aromatic nitrogens is 3. The molecule has 0 saturated carbocycles. The number of aryl methyl sites for hydroxylation is 1. The van der Waals surface area contributed by atoms with E-state index < -0.39 is 5.25 Å². The van der Waals surface area contributed by atoms with Crippen LogP contribution < -0.4 is 15.5 Å². The van der Waals surface area contributed by atoms with Gasteiger partial charge in [0.15, 0.2) is 5.82 Å². The summed E-state index contributed by atoms with van der Waals surface area (Å²) in [7, 11) is 0. The molecule has 156 valence electrons. The quantitative estimate of drug-likeness (QED) is 0.591. The highest BCUT2D eigenvalue weighted by molar-refractivity contribution is 8.00. The van der Waals surface area contributed by atoms with Crippen molar-refractivity contribution in [2.75, 3.05) is 17.3 Å². The number of nitrogens with zero attached hydrogens (tertiary/aromatic N) is 3. The first-order chi connectivity index (χ1) is 14.6. The Bertz CT molecular complexity index is 1020. The number of ether oxygens (including phenoxy) is 1. The molecule has 0 spiro atoms. The van der Waals surface area contributed by atoms with Gasteiger partial charge in [0, 0.05) is 17.1 Å². The molecule has 1 aromatic heterocycles. The maximum absolute atomic E-state index is 13.2. The van der Waals surface area contributed by atoms with Gasteiger partial charge in [-0.25, -0.2) is 4.68 Å². The third-order valence-corrected chi connectivity index (χ3v) is 6.21. The number of hydrogen-bond donors (Lipinski definition) is 2. The number of nitrogens with one attached hydrogen (secondary N) is 2. The van der Waals surface area contributed by atoms with Crippen LogP contribution in [-0.4, -0.2) is 32.6 Å². The fourth-order valence-corrected chi connectivity index (χ4v) is 4.49. The summed E-state index contributed by atoms with van der Waals surface area (Å²) in [6, 6.07) is 14.6. The second kappa shape index (κ2) is 8.97. The summed E-state index contributed by atoms with van der Waals surface area (Å²) in [5, 5.41) is 12.3. The van der Waals surface area contributed by atoms with E-state index in [1.165, 1.54) is 11.8 Å². The summed E-state index contributed by atoms with van der Waals surface area (Å²) in [5.74, 6) is 1.47. The molecule has 0 fully saturated rings. The van der Waals surface area contributed by atoms with Gasteiger partial charge in [0.05, 0.1) is 12.6 Å². The standard InChI is InChI=1S/C21H22ClN5O2S/c1-3-17-24-25-21-27(17)26-18(13-5-7-14(22)8-6-13)19(30-21)20(28)23-15-9-11-16(12-10-15)29-4-2/h5-12,18-19,26H,3-4H2,1-2H3,(H,23,28)/t18-,19+/m0/s1. The van der Waals surface area contributed by atoms with Crippen LogP contribution in [0.2, 0.25) is 5.02 Å². The van der Waals surface area contributed by atoms with Crippen molar-refractivity contribution >= 4 is 35.0 Å². The minimum absolute atomic E-state index is 0.121. The van der Waals surface area contributed by atoms with Crippen molar-refractivity contribution < 1.29 is 9.53 Å². The maximum atomic E-state index is 13.2. The summed E-state index contributed by atoms with van der Waals surface area (Å²) in [6.45, 7) is 4.55. The molecule has 0 bridgehead atoms. The molecule has 0 saturated heterocycles. The highest BCUT2D eigenvalue weighted by Crippen LogP contribution is 2.38. The van der Waals surface area contributed by atoms with Gasteiger partial charge in [0.1, 0.15) is 11.0 Å². The van der Waals surface area contributed by atoms with Crippen LogP contribution in [0.15, 0.2) is 53.7 Å². The van der Waals surface area contributed by atoms with Gasteiger partial charge in [0.25, 0.3) is 0 Å². The SMILES string of the molecule is CCOc1ccc(NC(=O)[C@@H]2Sc3nnc(CC)n3N[C@H]2c2ccc(Cl)cc2)cc1. The minimum atomic E-state index is -0.445. The molecule has 4 rings (SSSR count). The summed E-state index contributed by atoms with van der Waals surface area (Å²) < 4.78 is 7.33. The Labute approximate surface area is 184 Å². The maximum Gasteiger partial charge on any atom is 0.240 e. The molecular weight excluding hydrogens is 422 g/mol. The van der Waals surface area contributed by atoms with Crippen molar-refractivity contribution in [1.29, 1.82) is 0 Å². The van der Waals surface area contributed by atoms with Gasteiger partial charge in [-0.05, 0) is 48.9 Å². The Hall–Kier alpha value is -2.71. The van der Waals surface area contributed by atoms with E-state index >= 15 is 0 Å². The van der Waals surface area contributed by atoms with Gasteiger partial charge in [0.2, 0.25) is 11.1 Å². The molecule has 1 amide bonds. The molecule has 0 aliphatic carbocycles. The average Bonchev–Trinajstić information content (AvgIpc) is 3.17. The van der Waals surface area contributed by atoms with Crippen molar-refractivity contribution in [1.82, 2.24) is 14.9 Å². The van der Waals surface area contributed by atoms with E-state index in [2.05, 4.69) is 20.9 Å². The number of benzene rings is 2. The number of thioether (sulfide) groups is 1. The molecule has 2 atom stereocenters. The number of amides is 1. The number of hydrogen-bond acceptors (Lipinski definition) is 6. The van der Waals surface area contributed by atoms with Crippen molar-refractivity contribution in [3.63, 3.8) is 0 Å². The first kappa shape index (κ1) is 20.6. The van der Waals surface area contributed by atoms with E-state index in [1.54, 1.807) is 0 Å². The lowest BCUT2D eigenvalue weighted by Gasteiger charge is -2.33. The average molecular weight is 444 g/mol. The smallest absolute Gasteiger partial charge is 0.240 e. The topological polar surface area (TPSA) is 81.1 Å². The Morgan fingerprint density at radius 2 is 1.90 bits per heavy atom. The lowest BCUT2D eigenvalue weighted by atomic mass is 10.0. The fraction of sp³-hybridized carbons (Fsp3) is 0.286. The molecule has 30 heavy (non-hydrogen) atoms. The molecule has 1 aliphatic rings. The summed E-state index contributed by atoms with van der Waals surface area (Å²) in [4.78, 5) is 13.2. The van der Waals surface area contributed by atoms with Crippen LogP contribution >= 0.6 is 23.4 Å². The highest BCUT2D eigenvalue weighted by Gasteiger charge is 2.37. The lowest BCUT2D eigenvalue weighted by Crippen LogP contribution is -2.41. The predicted octanol–water partition coefficient (Wildman–Crippen LogP) is 4.29. The number of rotatable bonds is 6. The van der Waals surface area contributed by atoms with E-state index in [0.717, 1.165) is 23.6 Å². The third-order valence-electron chi connectivity index (χ3n) is 4.74. The molecule has 9 heteroatoms. The van der Waals surface area contributed by atoms with Gasteiger partial charge in [-0.2, -0.15) is 0 Å². The largest absolute Gasteiger partial charge is 0.494 e. The Balaban J connectivity index is 1.60. The normalized spacial score (nSPS) is 17.7. The van der Waals surface area contributed by atoms with Crippen molar-refractivity contribution in [3.8, 4) is 5.75 Å². The monoisotopic (exact) mass is 443 g/mol. The Kier molecular flexibility index (Phi) is 6.15. The van der Waals surface area contributed by atoms with Gasteiger partial charge in [-0.1, -0.05) is 42.4 Å². The molecule has 2 aromatic carbocycles. The van der Waals surface area contributed by atoms with E-state index in [9.17, 15) is 4.79 Å². The van der Waals surface area contributed by atoms with E-state index in [4.69, 9.17) is 16.3 Å². The zero-order valence-corrected chi connectivity index (χ0v) is 18.2. The molecular formula is C21H22ClN5O2S. The Morgan fingerprint density at radius 3 is 2.57 bits per heavy atom.